The summed E-state index contributed by atoms with van der Waals surface area (Å²) in [6, 6.07) is 4.08. The third-order valence-corrected chi connectivity index (χ3v) is 2.58. The van der Waals surface area contributed by atoms with Crippen LogP contribution in [0.4, 0.5) is 14.6 Å². The second kappa shape index (κ2) is 3.16. The van der Waals surface area contributed by atoms with Crippen molar-refractivity contribution in [3.8, 4) is 0 Å². The minimum atomic E-state index is -0.687. The molecule has 2 aromatic rings. The summed E-state index contributed by atoms with van der Waals surface area (Å²) < 4.78 is 26.3. The van der Waals surface area contributed by atoms with E-state index in [4.69, 9.17) is 5.73 Å². The lowest BCUT2D eigenvalue weighted by atomic mass is 10.2. The molecule has 0 unspecified atom stereocenters. The zero-order valence-corrected chi connectivity index (χ0v) is 8.48. The van der Waals surface area contributed by atoms with Crippen LogP contribution >= 0.6 is 15.9 Å². The highest BCUT2D eigenvalue weighted by Gasteiger charge is 2.11. The molecule has 0 amide bonds. The van der Waals surface area contributed by atoms with Gasteiger partial charge in [0.15, 0.2) is 0 Å². The summed E-state index contributed by atoms with van der Waals surface area (Å²) in [5.74, 6) is -1.11. The lowest BCUT2D eigenvalue weighted by Gasteiger charge is -2.02. The largest absolute Gasteiger partial charge is 0.384 e. The molecule has 2 rings (SSSR count). The maximum Gasteiger partial charge on any atom is 0.149 e. The molecule has 2 N–H and O–H groups in total. The van der Waals surface area contributed by atoms with Crippen LogP contribution in [0.2, 0.25) is 0 Å². The van der Waals surface area contributed by atoms with Crippen LogP contribution in [0.25, 0.3) is 10.9 Å². The zero-order valence-electron chi connectivity index (χ0n) is 6.89. The number of hydrogen-bond donors (Lipinski definition) is 1. The lowest BCUT2D eigenvalue weighted by molar-refractivity contribution is 0.580. The Morgan fingerprint density at radius 1 is 1.29 bits per heavy atom. The smallest absolute Gasteiger partial charge is 0.149 e. The molecular weight excluding hydrogens is 254 g/mol. The summed E-state index contributed by atoms with van der Waals surface area (Å²) in [5.41, 5.74) is 5.61. The quantitative estimate of drug-likeness (QED) is 0.739. The fourth-order valence-electron chi connectivity index (χ4n) is 1.19. The monoisotopic (exact) mass is 258 g/mol. The van der Waals surface area contributed by atoms with Gasteiger partial charge in [-0.2, -0.15) is 0 Å². The highest BCUT2D eigenvalue weighted by Crippen LogP contribution is 2.27. The molecule has 0 atom stereocenters. The van der Waals surface area contributed by atoms with E-state index in [0.29, 0.717) is 0 Å². The van der Waals surface area contributed by atoms with Gasteiger partial charge in [0.2, 0.25) is 0 Å². The Balaban J connectivity index is 2.91. The number of rotatable bonds is 0. The third kappa shape index (κ3) is 1.33. The van der Waals surface area contributed by atoms with Crippen molar-refractivity contribution >= 4 is 32.7 Å². The topological polar surface area (TPSA) is 38.9 Å². The number of fused-ring (bicyclic) bond motifs is 1. The molecule has 1 aromatic carbocycles. The van der Waals surface area contributed by atoms with E-state index >= 15 is 0 Å². The van der Waals surface area contributed by atoms with Crippen LogP contribution in [0.1, 0.15) is 0 Å². The van der Waals surface area contributed by atoms with Gasteiger partial charge in [0.25, 0.3) is 0 Å². The molecule has 14 heavy (non-hydrogen) atoms. The van der Waals surface area contributed by atoms with E-state index in [9.17, 15) is 8.78 Å². The van der Waals surface area contributed by atoms with Crippen molar-refractivity contribution in [3.05, 3.63) is 34.3 Å². The third-order valence-electron chi connectivity index (χ3n) is 1.85. The molecule has 1 aromatic heterocycles. The van der Waals surface area contributed by atoms with Crippen LogP contribution in [0.5, 0.6) is 0 Å². The first-order valence-corrected chi connectivity index (χ1v) is 4.58. The van der Waals surface area contributed by atoms with E-state index in [1.807, 2.05) is 0 Å². The molecule has 0 spiro atoms. The van der Waals surface area contributed by atoms with E-state index in [1.54, 1.807) is 0 Å². The van der Waals surface area contributed by atoms with Gasteiger partial charge in [0, 0.05) is 11.5 Å². The van der Waals surface area contributed by atoms with Gasteiger partial charge in [-0.25, -0.2) is 13.8 Å². The Morgan fingerprint density at radius 2 is 2.00 bits per heavy atom. The Morgan fingerprint density at radius 3 is 2.71 bits per heavy atom. The second-order valence-corrected chi connectivity index (χ2v) is 3.58. The normalized spacial score (nSPS) is 10.8. The van der Waals surface area contributed by atoms with E-state index in [2.05, 4.69) is 20.9 Å². The summed E-state index contributed by atoms with van der Waals surface area (Å²) in [6.07, 6.45) is 0. The van der Waals surface area contributed by atoms with Gasteiger partial charge in [0.05, 0.1) is 9.99 Å². The lowest BCUT2D eigenvalue weighted by Crippen LogP contribution is -1.93. The number of benzene rings is 1. The minimum Gasteiger partial charge on any atom is -0.384 e. The molecular formula is C9H5BrF2N2. The predicted octanol–water partition coefficient (Wildman–Crippen LogP) is 2.86. The Kier molecular flexibility index (Phi) is 2.11. The molecule has 2 nitrogen and oxygen atoms in total. The molecule has 0 aliphatic carbocycles. The maximum atomic E-state index is 13.4. The maximum absolute atomic E-state index is 13.4. The molecule has 0 saturated heterocycles. The number of nitrogens with zero attached hydrogens (tertiary/aromatic N) is 1. The van der Waals surface area contributed by atoms with E-state index in [1.165, 1.54) is 12.1 Å². The molecule has 1 heterocycles. The van der Waals surface area contributed by atoms with Crippen LogP contribution in [-0.2, 0) is 0 Å². The second-order valence-electron chi connectivity index (χ2n) is 2.79. The minimum absolute atomic E-state index is 0.184. The number of anilines is 1. The van der Waals surface area contributed by atoms with Crippen molar-refractivity contribution in [2.45, 2.75) is 0 Å². The predicted molar refractivity (Wildman–Crippen MR) is 53.8 cm³/mol. The highest BCUT2D eigenvalue weighted by molar-refractivity contribution is 9.10. The fourth-order valence-corrected chi connectivity index (χ4v) is 1.52. The summed E-state index contributed by atoms with van der Waals surface area (Å²) >= 11 is 2.81. The Bertz CT molecular complexity index is 514. The first-order chi connectivity index (χ1) is 6.59. The van der Waals surface area contributed by atoms with Crippen molar-refractivity contribution in [2.75, 3.05) is 5.73 Å². The average molecular weight is 259 g/mol. The van der Waals surface area contributed by atoms with Gasteiger partial charge >= 0.3 is 0 Å². The molecule has 0 saturated carbocycles. The van der Waals surface area contributed by atoms with E-state index < -0.39 is 11.6 Å². The van der Waals surface area contributed by atoms with Crippen LogP contribution in [-0.4, -0.2) is 4.98 Å². The molecule has 0 aliphatic rings. The number of pyridine rings is 1. The number of aromatic nitrogens is 1. The summed E-state index contributed by atoms with van der Waals surface area (Å²) in [7, 11) is 0. The average Bonchev–Trinajstić information content (AvgIpc) is 2.14. The van der Waals surface area contributed by atoms with Crippen molar-refractivity contribution in [1.82, 2.24) is 4.98 Å². The molecule has 0 radical (unpaired) electrons. The van der Waals surface area contributed by atoms with Crippen molar-refractivity contribution in [3.63, 3.8) is 0 Å². The van der Waals surface area contributed by atoms with Crippen LogP contribution in [0.15, 0.2) is 22.7 Å². The number of nitrogens with two attached hydrogens (primary N) is 1. The van der Waals surface area contributed by atoms with E-state index in [-0.39, 0.29) is 21.2 Å². The molecule has 72 valence electrons. The van der Waals surface area contributed by atoms with Gasteiger partial charge in [-0.3, -0.25) is 0 Å². The Labute approximate surface area is 86.9 Å². The van der Waals surface area contributed by atoms with Crippen molar-refractivity contribution in [2.24, 2.45) is 0 Å². The summed E-state index contributed by atoms with van der Waals surface area (Å²) in [5, 5.41) is 0.243. The van der Waals surface area contributed by atoms with Gasteiger partial charge in [-0.15, -0.1) is 0 Å². The van der Waals surface area contributed by atoms with Gasteiger partial charge in [-0.05, 0) is 28.1 Å². The SMILES string of the molecule is Nc1ccc2c(F)c(Br)c(F)cc2n1. The van der Waals surface area contributed by atoms with Crippen molar-refractivity contribution < 1.29 is 8.78 Å². The van der Waals surface area contributed by atoms with Gasteiger partial charge in [0.1, 0.15) is 17.5 Å². The van der Waals surface area contributed by atoms with Crippen LogP contribution in [0.3, 0.4) is 0 Å². The number of nitrogen functional groups attached to an aromatic ring is 1. The molecule has 0 fully saturated rings. The summed E-state index contributed by atoms with van der Waals surface area (Å²) in [6.45, 7) is 0. The first kappa shape index (κ1) is 9.33. The van der Waals surface area contributed by atoms with Gasteiger partial charge in [-0.1, -0.05) is 0 Å². The van der Waals surface area contributed by atoms with Crippen LogP contribution < -0.4 is 5.73 Å². The fraction of sp³-hybridized carbons (Fsp3) is 0. The van der Waals surface area contributed by atoms with Crippen molar-refractivity contribution in [1.29, 1.82) is 0 Å². The Hall–Kier alpha value is -1.23. The van der Waals surface area contributed by atoms with E-state index in [0.717, 1.165) is 6.07 Å². The number of hydrogen-bond acceptors (Lipinski definition) is 2. The number of halogens is 3. The molecule has 0 aliphatic heterocycles. The molecule has 0 bridgehead atoms. The van der Waals surface area contributed by atoms with Gasteiger partial charge < -0.3 is 5.73 Å². The standard InChI is InChI=1S/C9H5BrF2N2/c10-8-5(11)3-6-4(9(8)12)1-2-7(13)14-6/h1-3H,(H2,13,14). The first-order valence-electron chi connectivity index (χ1n) is 3.79. The zero-order chi connectivity index (χ0) is 10.3. The molecule has 5 heteroatoms. The summed E-state index contributed by atoms with van der Waals surface area (Å²) in [4.78, 5) is 3.82. The van der Waals surface area contributed by atoms with Crippen LogP contribution in [0, 0.1) is 11.6 Å². The highest BCUT2D eigenvalue weighted by atomic mass is 79.9.